The highest BCUT2D eigenvalue weighted by atomic mass is 16.1. The van der Waals surface area contributed by atoms with Crippen LogP contribution >= 0.6 is 0 Å². The normalized spacial score (nSPS) is 16.0. The van der Waals surface area contributed by atoms with Crippen LogP contribution < -0.4 is 10.6 Å². The van der Waals surface area contributed by atoms with Crippen molar-refractivity contribution >= 4 is 16.8 Å². The topological polar surface area (TPSA) is 59.0 Å². The summed E-state index contributed by atoms with van der Waals surface area (Å²) in [7, 11) is 1.97. The number of hydrogen-bond donors (Lipinski definition) is 2. The van der Waals surface area contributed by atoms with Crippen molar-refractivity contribution < 1.29 is 4.79 Å². The number of benzene rings is 3. The van der Waals surface area contributed by atoms with Gasteiger partial charge in [-0.25, -0.2) is 0 Å². The van der Waals surface area contributed by atoms with Gasteiger partial charge in [-0.1, -0.05) is 54.6 Å². The third kappa shape index (κ3) is 4.09. The molecule has 0 spiro atoms. The number of hydrogen-bond acceptors (Lipinski definition) is 3. The molecule has 1 aliphatic rings. The molecule has 0 radical (unpaired) electrons. The molecule has 156 valence electrons. The molecular weight excluding hydrogens is 384 g/mol. The molecule has 0 saturated carbocycles. The van der Waals surface area contributed by atoms with E-state index in [1.165, 1.54) is 33.2 Å². The molecule has 1 aromatic heterocycles. The Morgan fingerprint density at radius 2 is 1.84 bits per heavy atom. The molecule has 5 heteroatoms. The Hall–Kier alpha value is -3.44. The van der Waals surface area contributed by atoms with Gasteiger partial charge in [-0.15, -0.1) is 0 Å². The van der Waals surface area contributed by atoms with Crippen LogP contribution in [-0.4, -0.2) is 28.3 Å². The molecule has 2 N–H and O–H groups in total. The summed E-state index contributed by atoms with van der Waals surface area (Å²) in [5.74, 6) is 0.165. The van der Waals surface area contributed by atoms with Crippen LogP contribution in [0.1, 0.15) is 18.4 Å². The molecule has 4 aromatic rings. The first-order valence-corrected chi connectivity index (χ1v) is 10.8. The molecular formula is C26H26N4O. The van der Waals surface area contributed by atoms with Gasteiger partial charge in [0.2, 0.25) is 5.91 Å². The summed E-state index contributed by atoms with van der Waals surface area (Å²) in [5, 5.41) is 12.0. The lowest BCUT2D eigenvalue weighted by Gasteiger charge is -2.12. The van der Waals surface area contributed by atoms with Crippen molar-refractivity contribution in [3.63, 3.8) is 0 Å². The summed E-state index contributed by atoms with van der Waals surface area (Å²) in [5.41, 5.74) is 7.17. The number of carbonyl (C=O) groups excluding carboxylic acids is 1. The van der Waals surface area contributed by atoms with Crippen LogP contribution in [0.15, 0.2) is 72.9 Å². The largest absolute Gasteiger partial charge is 0.352 e. The standard InChI is InChI=1S/C26H26N4O/c1-30-25-7-3-6-23(24(25)17-28-30)21-5-2-4-20(14-21)19-10-8-18(9-11-19)15-27-16-22-12-13-26(31)29-22/h2-11,14,17,22,27H,12-13,15-16H2,1H3,(H,29,31)/t22-/m0/s1. The van der Waals surface area contributed by atoms with Crippen LogP contribution in [0, 0.1) is 0 Å². The molecule has 1 aliphatic heterocycles. The van der Waals surface area contributed by atoms with Crippen molar-refractivity contribution in [3.8, 4) is 22.3 Å². The number of nitrogens with zero attached hydrogens (tertiary/aromatic N) is 2. The lowest BCUT2D eigenvalue weighted by Crippen LogP contribution is -2.35. The minimum atomic E-state index is 0.165. The third-order valence-corrected chi connectivity index (χ3v) is 6.06. The Kier molecular flexibility index (Phi) is 5.26. The van der Waals surface area contributed by atoms with Crippen LogP contribution in [0.5, 0.6) is 0 Å². The summed E-state index contributed by atoms with van der Waals surface area (Å²) in [6.45, 7) is 1.62. The van der Waals surface area contributed by atoms with E-state index in [9.17, 15) is 4.79 Å². The number of aromatic nitrogens is 2. The molecule has 3 aromatic carbocycles. The van der Waals surface area contributed by atoms with E-state index in [0.717, 1.165) is 25.0 Å². The fourth-order valence-corrected chi connectivity index (χ4v) is 4.33. The molecule has 0 bridgehead atoms. The minimum Gasteiger partial charge on any atom is -0.352 e. The summed E-state index contributed by atoms with van der Waals surface area (Å²) in [4.78, 5) is 11.3. The van der Waals surface area contributed by atoms with E-state index in [1.54, 1.807) is 0 Å². The number of fused-ring (bicyclic) bond motifs is 1. The van der Waals surface area contributed by atoms with E-state index in [0.29, 0.717) is 6.42 Å². The van der Waals surface area contributed by atoms with Gasteiger partial charge < -0.3 is 10.6 Å². The summed E-state index contributed by atoms with van der Waals surface area (Å²) < 4.78 is 1.91. The van der Waals surface area contributed by atoms with E-state index < -0.39 is 0 Å². The van der Waals surface area contributed by atoms with Crippen LogP contribution in [0.3, 0.4) is 0 Å². The molecule has 1 amide bonds. The first-order chi connectivity index (χ1) is 15.2. The highest BCUT2D eigenvalue weighted by Crippen LogP contribution is 2.31. The van der Waals surface area contributed by atoms with Crippen LogP contribution in [-0.2, 0) is 18.4 Å². The summed E-state index contributed by atoms with van der Waals surface area (Å²) in [6.07, 6.45) is 3.51. The maximum Gasteiger partial charge on any atom is 0.220 e. The van der Waals surface area contributed by atoms with Crippen molar-refractivity contribution in [2.45, 2.75) is 25.4 Å². The smallest absolute Gasteiger partial charge is 0.220 e. The van der Waals surface area contributed by atoms with E-state index in [4.69, 9.17) is 0 Å². The highest BCUT2D eigenvalue weighted by Gasteiger charge is 2.19. The summed E-state index contributed by atoms with van der Waals surface area (Å²) in [6, 6.07) is 24.0. The Labute approximate surface area is 182 Å². The van der Waals surface area contributed by atoms with Gasteiger partial charge in [0, 0.05) is 38.0 Å². The number of aryl methyl sites for hydroxylation is 1. The van der Waals surface area contributed by atoms with E-state index in [-0.39, 0.29) is 11.9 Å². The van der Waals surface area contributed by atoms with Crippen molar-refractivity contribution in [1.29, 1.82) is 0 Å². The minimum absolute atomic E-state index is 0.165. The van der Waals surface area contributed by atoms with Gasteiger partial charge in [-0.2, -0.15) is 5.10 Å². The van der Waals surface area contributed by atoms with Crippen molar-refractivity contribution in [2.24, 2.45) is 7.05 Å². The van der Waals surface area contributed by atoms with Crippen LogP contribution in [0.2, 0.25) is 0 Å². The first kappa shape index (κ1) is 19.5. The molecule has 0 unspecified atom stereocenters. The maximum atomic E-state index is 11.3. The van der Waals surface area contributed by atoms with E-state index >= 15 is 0 Å². The second-order valence-electron chi connectivity index (χ2n) is 8.22. The van der Waals surface area contributed by atoms with Gasteiger partial charge in [-0.3, -0.25) is 9.48 Å². The molecule has 0 aliphatic carbocycles. The number of rotatable bonds is 6. The zero-order valence-electron chi connectivity index (χ0n) is 17.6. The Morgan fingerprint density at radius 1 is 1.03 bits per heavy atom. The Balaban J connectivity index is 1.31. The van der Waals surface area contributed by atoms with E-state index in [1.807, 2.05) is 17.9 Å². The molecule has 1 atom stereocenters. The lowest BCUT2D eigenvalue weighted by atomic mass is 9.97. The second kappa shape index (κ2) is 8.36. The molecule has 2 heterocycles. The predicted molar refractivity (Wildman–Crippen MR) is 124 cm³/mol. The zero-order chi connectivity index (χ0) is 21.2. The lowest BCUT2D eigenvalue weighted by molar-refractivity contribution is -0.119. The van der Waals surface area contributed by atoms with Gasteiger partial charge >= 0.3 is 0 Å². The Morgan fingerprint density at radius 3 is 2.65 bits per heavy atom. The second-order valence-corrected chi connectivity index (χ2v) is 8.22. The number of nitrogens with one attached hydrogen (secondary N) is 2. The van der Waals surface area contributed by atoms with Gasteiger partial charge in [0.1, 0.15) is 0 Å². The molecule has 1 saturated heterocycles. The molecule has 5 nitrogen and oxygen atoms in total. The molecule has 1 fully saturated rings. The average Bonchev–Trinajstić information content (AvgIpc) is 3.39. The van der Waals surface area contributed by atoms with Gasteiger partial charge in [-0.05, 0) is 46.4 Å². The maximum absolute atomic E-state index is 11.3. The van der Waals surface area contributed by atoms with Gasteiger partial charge in [0.25, 0.3) is 0 Å². The molecule has 31 heavy (non-hydrogen) atoms. The van der Waals surface area contributed by atoms with Gasteiger partial charge in [0.15, 0.2) is 0 Å². The monoisotopic (exact) mass is 410 g/mol. The fourth-order valence-electron chi connectivity index (χ4n) is 4.33. The highest BCUT2D eigenvalue weighted by molar-refractivity contribution is 5.95. The van der Waals surface area contributed by atoms with Gasteiger partial charge in [0.05, 0.1) is 11.7 Å². The first-order valence-electron chi connectivity index (χ1n) is 10.8. The van der Waals surface area contributed by atoms with E-state index in [2.05, 4.69) is 82.5 Å². The number of amides is 1. The fraction of sp³-hybridized carbons (Fsp3) is 0.231. The third-order valence-electron chi connectivity index (χ3n) is 6.06. The predicted octanol–water partition coefficient (Wildman–Crippen LogP) is 4.28. The van der Waals surface area contributed by atoms with Crippen molar-refractivity contribution in [1.82, 2.24) is 20.4 Å². The van der Waals surface area contributed by atoms with Crippen molar-refractivity contribution in [2.75, 3.05) is 6.54 Å². The zero-order valence-corrected chi connectivity index (χ0v) is 17.6. The molecule has 5 rings (SSSR count). The Bertz CT molecular complexity index is 1230. The van der Waals surface area contributed by atoms with Crippen LogP contribution in [0.25, 0.3) is 33.2 Å². The van der Waals surface area contributed by atoms with Crippen molar-refractivity contribution in [3.05, 3.63) is 78.5 Å². The SMILES string of the molecule is Cn1ncc2c(-c3cccc(-c4ccc(CNC[C@@H]5CCC(=O)N5)cc4)c3)cccc21. The quantitative estimate of drug-likeness (QED) is 0.499. The summed E-state index contributed by atoms with van der Waals surface area (Å²) >= 11 is 0. The number of carbonyl (C=O) groups is 1. The van der Waals surface area contributed by atoms with Crippen LogP contribution in [0.4, 0.5) is 0 Å². The average molecular weight is 411 g/mol.